The Labute approximate surface area is 176 Å². The molecule has 0 aliphatic rings. The Kier molecular flexibility index (Phi) is 8.83. The molecule has 0 heterocycles. The molecule has 29 heavy (non-hydrogen) atoms. The summed E-state index contributed by atoms with van der Waals surface area (Å²) in [6.45, 7) is 13.6. The Morgan fingerprint density at radius 3 is 2.24 bits per heavy atom. The van der Waals surface area contributed by atoms with Crippen molar-refractivity contribution in [1.29, 1.82) is 0 Å². The van der Waals surface area contributed by atoms with Crippen LogP contribution in [0.2, 0.25) is 18.1 Å². The van der Waals surface area contributed by atoms with Crippen molar-refractivity contribution in [1.82, 2.24) is 0 Å². The molecule has 8 heteroatoms. The van der Waals surface area contributed by atoms with E-state index in [0.717, 1.165) is 5.56 Å². The van der Waals surface area contributed by atoms with E-state index in [2.05, 4.69) is 33.9 Å². The number of aliphatic hydroxyl groups is 1. The third-order valence-corrected chi connectivity index (χ3v) is 11.3. The summed E-state index contributed by atoms with van der Waals surface area (Å²) >= 11 is 0. The summed E-state index contributed by atoms with van der Waals surface area (Å²) in [5.41, 5.74) is 0.966. The fraction of sp³-hybridized carbons (Fsp3) is 0.571. The van der Waals surface area contributed by atoms with Gasteiger partial charge in [-0.2, -0.15) is 0 Å². The highest BCUT2D eigenvalue weighted by Gasteiger charge is 2.39. The van der Waals surface area contributed by atoms with Gasteiger partial charge in [0.05, 0.1) is 22.9 Å². The molecule has 0 fully saturated rings. The van der Waals surface area contributed by atoms with Gasteiger partial charge in [0, 0.05) is 6.08 Å². The van der Waals surface area contributed by atoms with Crippen LogP contribution in [-0.4, -0.2) is 52.4 Å². The number of hydrogen-bond donors (Lipinski definition) is 1. The molecule has 0 aliphatic heterocycles. The normalized spacial score (nSPS) is 15.3. The maximum absolute atomic E-state index is 12.3. The van der Waals surface area contributed by atoms with Crippen molar-refractivity contribution in [2.75, 3.05) is 12.4 Å². The number of carbonyl (C=O) groups excluding carboxylic acids is 1. The van der Waals surface area contributed by atoms with Crippen molar-refractivity contribution in [2.45, 2.75) is 69.9 Å². The van der Waals surface area contributed by atoms with Gasteiger partial charge in [-0.3, -0.25) is 0 Å². The predicted octanol–water partition coefficient (Wildman–Crippen LogP) is 3.64. The van der Waals surface area contributed by atoms with Crippen molar-refractivity contribution in [3.8, 4) is 0 Å². The molecule has 1 N–H and O–H groups in total. The Hall–Kier alpha value is -1.48. The van der Waals surface area contributed by atoms with E-state index < -0.39 is 36.3 Å². The van der Waals surface area contributed by atoms with E-state index in [1.165, 1.54) is 24.3 Å². The van der Waals surface area contributed by atoms with Gasteiger partial charge < -0.3 is 14.3 Å². The first-order valence-corrected chi connectivity index (χ1v) is 14.2. The second-order valence-electron chi connectivity index (χ2n) is 8.74. The van der Waals surface area contributed by atoms with Gasteiger partial charge in [-0.05, 0) is 50.2 Å². The van der Waals surface area contributed by atoms with Gasteiger partial charge in [0.25, 0.3) is 0 Å². The topological polar surface area (TPSA) is 89.9 Å². The molecule has 1 aromatic carbocycles. The van der Waals surface area contributed by atoms with Crippen molar-refractivity contribution >= 4 is 24.1 Å². The van der Waals surface area contributed by atoms with Crippen LogP contribution in [0.3, 0.4) is 0 Å². The van der Waals surface area contributed by atoms with E-state index in [-0.39, 0.29) is 22.3 Å². The number of aryl methyl sites for hydroxylation is 1. The molecular formula is C21H34O6SSi. The highest BCUT2D eigenvalue weighted by atomic mass is 32.2. The van der Waals surface area contributed by atoms with Crippen LogP contribution in [0.4, 0.5) is 0 Å². The lowest BCUT2D eigenvalue weighted by Gasteiger charge is -2.39. The molecule has 6 nitrogen and oxygen atoms in total. The van der Waals surface area contributed by atoms with E-state index in [9.17, 15) is 18.3 Å². The molecule has 1 rings (SSSR count). The summed E-state index contributed by atoms with van der Waals surface area (Å²) in [5, 5.41) is 9.95. The van der Waals surface area contributed by atoms with Crippen LogP contribution in [0.5, 0.6) is 0 Å². The third kappa shape index (κ3) is 8.04. The summed E-state index contributed by atoms with van der Waals surface area (Å²) in [5.74, 6) is -0.968. The number of benzene rings is 1. The van der Waals surface area contributed by atoms with Gasteiger partial charge in [0.2, 0.25) is 0 Å². The third-order valence-electron chi connectivity index (χ3n) is 5.11. The van der Waals surface area contributed by atoms with Gasteiger partial charge >= 0.3 is 5.97 Å². The lowest BCUT2D eigenvalue weighted by molar-refractivity contribution is -0.137. The molecular weight excluding hydrogens is 408 g/mol. The molecule has 1 aromatic rings. The van der Waals surface area contributed by atoms with Gasteiger partial charge in [0.1, 0.15) is 6.61 Å². The molecule has 0 unspecified atom stereocenters. The number of sulfone groups is 1. The monoisotopic (exact) mass is 442 g/mol. The standard InChI is InChI=1S/C21H34O6SSi/c1-16-8-10-18(11-9-16)28(24,25)15-14-26-20(23)13-12-19(17(2)22)27-29(6,7)21(3,4)5/h8-13,17,19,22H,14-15H2,1-7H3/b13-12+/t17-,19+/m0/s1. The number of aliphatic hydroxyl groups excluding tert-OH is 1. The van der Waals surface area contributed by atoms with Crippen LogP contribution in [0.1, 0.15) is 33.3 Å². The Bertz CT molecular complexity index is 805. The number of rotatable bonds is 9. The molecule has 0 amide bonds. The number of esters is 1. The summed E-state index contributed by atoms with van der Waals surface area (Å²) < 4.78 is 35.7. The maximum Gasteiger partial charge on any atom is 0.330 e. The van der Waals surface area contributed by atoms with Crippen molar-refractivity contribution in [3.05, 3.63) is 42.0 Å². The van der Waals surface area contributed by atoms with Crippen LogP contribution in [0, 0.1) is 6.92 Å². The van der Waals surface area contributed by atoms with Gasteiger partial charge in [-0.25, -0.2) is 13.2 Å². The first kappa shape index (κ1) is 25.6. The molecule has 0 aromatic heterocycles. The van der Waals surface area contributed by atoms with Crippen LogP contribution in [-0.2, 0) is 23.8 Å². The van der Waals surface area contributed by atoms with Gasteiger partial charge in [-0.1, -0.05) is 38.5 Å². The summed E-state index contributed by atoms with van der Waals surface area (Å²) in [7, 11) is -5.66. The zero-order valence-corrected chi connectivity index (χ0v) is 20.2. The number of hydrogen-bond acceptors (Lipinski definition) is 6. The van der Waals surface area contributed by atoms with Gasteiger partial charge in [-0.15, -0.1) is 0 Å². The summed E-state index contributed by atoms with van der Waals surface area (Å²) in [4.78, 5) is 12.2. The first-order valence-electron chi connectivity index (χ1n) is 9.66. The summed E-state index contributed by atoms with van der Waals surface area (Å²) in [6.07, 6.45) is 1.22. The van der Waals surface area contributed by atoms with Crippen molar-refractivity contribution in [3.63, 3.8) is 0 Å². The van der Waals surface area contributed by atoms with Crippen LogP contribution in [0.15, 0.2) is 41.3 Å². The minimum atomic E-state index is -3.52. The molecule has 0 saturated heterocycles. The fourth-order valence-electron chi connectivity index (χ4n) is 2.15. The molecule has 0 spiro atoms. The maximum atomic E-state index is 12.3. The van der Waals surface area contributed by atoms with E-state index in [1.54, 1.807) is 19.1 Å². The fourth-order valence-corrected chi connectivity index (χ4v) is 4.55. The second-order valence-corrected chi connectivity index (χ2v) is 15.6. The Morgan fingerprint density at radius 1 is 1.21 bits per heavy atom. The summed E-state index contributed by atoms with van der Waals surface area (Å²) in [6, 6.07) is 6.52. The molecule has 0 radical (unpaired) electrons. The minimum Gasteiger partial charge on any atom is -0.461 e. The van der Waals surface area contributed by atoms with E-state index in [4.69, 9.17) is 9.16 Å². The zero-order valence-electron chi connectivity index (χ0n) is 18.4. The lowest BCUT2D eigenvalue weighted by atomic mass is 10.2. The zero-order chi connectivity index (χ0) is 22.5. The Balaban J connectivity index is 2.65. The number of carbonyl (C=O) groups is 1. The van der Waals surface area contributed by atoms with Crippen LogP contribution in [0.25, 0.3) is 0 Å². The average molecular weight is 443 g/mol. The Morgan fingerprint density at radius 2 is 1.76 bits per heavy atom. The van der Waals surface area contributed by atoms with Crippen LogP contribution < -0.4 is 0 Å². The molecule has 0 bridgehead atoms. The second kappa shape index (κ2) is 10.0. The predicted molar refractivity (Wildman–Crippen MR) is 117 cm³/mol. The minimum absolute atomic E-state index is 0.0428. The van der Waals surface area contributed by atoms with Gasteiger partial charge in [0.15, 0.2) is 18.2 Å². The van der Waals surface area contributed by atoms with E-state index >= 15 is 0 Å². The van der Waals surface area contributed by atoms with E-state index in [0.29, 0.717) is 0 Å². The average Bonchev–Trinajstić information content (AvgIpc) is 2.57. The van der Waals surface area contributed by atoms with E-state index in [1.807, 2.05) is 6.92 Å². The lowest BCUT2D eigenvalue weighted by Crippen LogP contribution is -2.46. The highest BCUT2D eigenvalue weighted by molar-refractivity contribution is 7.91. The molecule has 164 valence electrons. The quantitative estimate of drug-likeness (QED) is 0.357. The largest absolute Gasteiger partial charge is 0.461 e. The molecule has 0 saturated carbocycles. The molecule has 2 atom stereocenters. The van der Waals surface area contributed by atoms with Crippen LogP contribution >= 0.6 is 0 Å². The highest BCUT2D eigenvalue weighted by Crippen LogP contribution is 2.37. The SMILES string of the molecule is Cc1ccc(S(=O)(=O)CCOC(=O)/C=C/[C@@H](O[Si](C)(C)C(C)(C)C)[C@H](C)O)cc1. The first-order chi connectivity index (χ1) is 13.2. The van der Waals surface area contributed by atoms with Crippen molar-refractivity contribution in [2.24, 2.45) is 0 Å². The number of ether oxygens (including phenoxy) is 1. The molecule has 0 aliphatic carbocycles. The smallest absolute Gasteiger partial charge is 0.330 e. The van der Waals surface area contributed by atoms with Crippen molar-refractivity contribution < 1.29 is 27.5 Å².